The zero-order chi connectivity index (χ0) is 20.8. The molecule has 0 spiro atoms. The highest BCUT2D eigenvalue weighted by Crippen LogP contribution is 2.21. The van der Waals surface area contributed by atoms with E-state index in [0.29, 0.717) is 24.3 Å². The first-order valence-corrected chi connectivity index (χ1v) is 10.0. The SMILES string of the molecule is COC(=O)c1ccc(NC(=O)NC[C@H]2CC[C@@H](C(=O)N3CCC[C@H]3CN)N2)cc1. The van der Waals surface area contributed by atoms with Gasteiger partial charge in [-0.2, -0.15) is 0 Å². The molecule has 29 heavy (non-hydrogen) atoms. The summed E-state index contributed by atoms with van der Waals surface area (Å²) < 4.78 is 4.64. The van der Waals surface area contributed by atoms with Crippen LogP contribution < -0.4 is 21.7 Å². The molecule has 2 aliphatic rings. The molecule has 2 fully saturated rings. The number of benzene rings is 1. The minimum atomic E-state index is -0.427. The highest BCUT2D eigenvalue weighted by atomic mass is 16.5. The van der Waals surface area contributed by atoms with Gasteiger partial charge in [-0.3, -0.25) is 4.79 Å². The average molecular weight is 403 g/mol. The van der Waals surface area contributed by atoms with E-state index in [4.69, 9.17) is 5.73 Å². The lowest BCUT2D eigenvalue weighted by molar-refractivity contribution is -0.133. The Morgan fingerprint density at radius 1 is 1.21 bits per heavy atom. The van der Waals surface area contributed by atoms with Crippen LogP contribution in [-0.4, -0.2) is 67.7 Å². The molecule has 1 aromatic rings. The number of urea groups is 1. The zero-order valence-corrected chi connectivity index (χ0v) is 16.6. The van der Waals surface area contributed by atoms with Crippen molar-refractivity contribution in [1.29, 1.82) is 0 Å². The van der Waals surface area contributed by atoms with Crippen molar-refractivity contribution in [2.24, 2.45) is 5.73 Å². The maximum atomic E-state index is 12.7. The number of carbonyl (C=O) groups excluding carboxylic acids is 3. The average Bonchev–Trinajstić information content (AvgIpc) is 3.41. The Labute approximate surface area is 170 Å². The molecular weight excluding hydrogens is 374 g/mol. The maximum absolute atomic E-state index is 12.7. The third kappa shape index (κ3) is 5.24. The fourth-order valence-corrected chi connectivity index (χ4v) is 3.94. The van der Waals surface area contributed by atoms with Crippen LogP contribution in [0.2, 0.25) is 0 Å². The van der Waals surface area contributed by atoms with Crippen LogP contribution in [0.25, 0.3) is 0 Å². The van der Waals surface area contributed by atoms with Crippen LogP contribution in [-0.2, 0) is 9.53 Å². The van der Waals surface area contributed by atoms with Gasteiger partial charge in [-0.15, -0.1) is 0 Å². The van der Waals surface area contributed by atoms with Crippen LogP contribution in [0.1, 0.15) is 36.0 Å². The molecule has 0 aromatic heterocycles. The summed E-state index contributed by atoms with van der Waals surface area (Å²) in [6, 6.07) is 6.11. The molecule has 2 heterocycles. The highest BCUT2D eigenvalue weighted by molar-refractivity contribution is 5.92. The van der Waals surface area contributed by atoms with E-state index in [1.807, 2.05) is 4.90 Å². The largest absolute Gasteiger partial charge is 0.465 e. The van der Waals surface area contributed by atoms with Crippen molar-refractivity contribution in [2.45, 2.75) is 43.8 Å². The van der Waals surface area contributed by atoms with Crippen molar-refractivity contribution in [2.75, 3.05) is 32.1 Å². The van der Waals surface area contributed by atoms with Gasteiger partial charge in [0.2, 0.25) is 5.91 Å². The molecule has 5 N–H and O–H groups in total. The van der Waals surface area contributed by atoms with Crippen molar-refractivity contribution in [3.05, 3.63) is 29.8 Å². The number of hydrogen-bond donors (Lipinski definition) is 4. The number of rotatable bonds is 6. The molecule has 3 atom stereocenters. The van der Waals surface area contributed by atoms with E-state index < -0.39 is 5.97 Å². The Morgan fingerprint density at radius 2 is 1.97 bits per heavy atom. The van der Waals surface area contributed by atoms with Crippen molar-refractivity contribution >= 4 is 23.6 Å². The van der Waals surface area contributed by atoms with E-state index in [1.54, 1.807) is 24.3 Å². The Hall–Kier alpha value is -2.65. The number of nitrogens with two attached hydrogens (primary N) is 1. The van der Waals surface area contributed by atoms with E-state index in [1.165, 1.54) is 7.11 Å². The third-order valence-corrected chi connectivity index (χ3v) is 5.54. The zero-order valence-electron chi connectivity index (χ0n) is 16.6. The summed E-state index contributed by atoms with van der Waals surface area (Å²) in [4.78, 5) is 38.2. The molecule has 9 heteroatoms. The van der Waals surface area contributed by atoms with Crippen molar-refractivity contribution < 1.29 is 19.1 Å². The monoisotopic (exact) mass is 403 g/mol. The van der Waals surface area contributed by atoms with Gasteiger partial charge in [-0.05, 0) is 49.9 Å². The lowest BCUT2D eigenvalue weighted by Crippen LogP contribution is -2.50. The van der Waals surface area contributed by atoms with E-state index in [2.05, 4.69) is 20.7 Å². The van der Waals surface area contributed by atoms with Crippen LogP contribution in [0.3, 0.4) is 0 Å². The van der Waals surface area contributed by atoms with Gasteiger partial charge < -0.3 is 31.3 Å². The number of esters is 1. The van der Waals surface area contributed by atoms with Crippen LogP contribution in [0.5, 0.6) is 0 Å². The van der Waals surface area contributed by atoms with Crippen LogP contribution in [0, 0.1) is 0 Å². The first-order valence-electron chi connectivity index (χ1n) is 10.0. The number of nitrogens with zero attached hydrogens (tertiary/aromatic N) is 1. The summed E-state index contributed by atoms with van der Waals surface area (Å²) in [7, 11) is 1.32. The number of carbonyl (C=O) groups is 3. The number of amides is 3. The van der Waals surface area contributed by atoms with Crippen LogP contribution in [0.15, 0.2) is 24.3 Å². The van der Waals surface area contributed by atoms with Gasteiger partial charge in [0.05, 0.1) is 18.7 Å². The molecule has 158 valence electrons. The minimum Gasteiger partial charge on any atom is -0.465 e. The van der Waals surface area contributed by atoms with E-state index in [9.17, 15) is 14.4 Å². The Kier molecular flexibility index (Phi) is 7.05. The predicted molar refractivity (Wildman–Crippen MR) is 109 cm³/mol. The standard InChI is InChI=1S/C20H29N5O4/c1-29-19(27)13-4-6-14(7-5-13)24-20(28)22-12-15-8-9-17(23-15)18(26)25-10-2-3-16(25)11-21/h4-7,15-17,23H,2-3,8-12,21H2,1H3,(H2,22,24,28)/t15-,16+,17+/m1/s1. The first kappa shape index (κ1) is 21.1. The Morgan fingerprint density at radius 3 is 2.66 bits per heavy atom. The summed E-state index contributed by atoms with van der Waals surface area (Å²) in [5.41, 5.74) is 6.76. The summed E-state index contributed by atoms with van der Waals surface area (Å²) in [5, 5.41) is 8.88. The van der Waals surface area contributed by atoms with E-state index >= 15 is 0 Å². The van der Waals surface area contributed by atoms with Crippen molar-refractivity contribution in [1.82, 2.24) is 15.5 Å². The topological polar surface area (TPSA) is 126 Å². The number of ether oxygens (including phenoxy) is 1. The summed E-state index contributed by atoms with van der Waals surface area (Å²) in [6.45, 7) is 1.71. The molecule has 1 aromatic carbocycles. The second-order valence-corrected chi connectivity index (χ2v) is 7.46. The molecule has 0 unspecified atom stereocenters. The molecule has 3 rings (SSSR count). The van der Waals surface area contributed by atoms with Gasteiger partial charge in [0, 0.05) is 37.4 Å². The van der Waals surface area contributed by atoms with Gasteiger partial charge in [0.1, 0.15) is 0 Å². The number of hydrogen-bond acceptors (Lipinski definition) is 6. The summed E-state index contributed by atoms with van der Waals surface area (Å²) >= 11 is 0. The van der Waals surface area contributed by atoms with Gasteiger partial charge in [0.25, 0.3) is 0 Å². The molecule has 3 amide bonds. The fraction of sp³-hybridized carbons (Fsp3) is 0.550. The number of anilines is 1. The highest BCUT2D eigenvalue weighted by Gasteiger charge is 2.36. The molecule has 0 bridgehead atoms. The Bertz CT molecular complexity index is 739. The molecule has 0 aliphatic carbocycles. The summed E-state index contributed by atoms with van der Waals surface area (Å²) in [5.74, 6) is -0.306. The van der Waals surface area contributed by atoms with E-state index in [-0.39, 0.29) is 30.1 Å². The second-order valence-electron chi connectivity index (χ2n) is 7.46. The molecule has 0 saturated carbocycles. The second kappa shape index (κ2) is 9.71. The number of nitrogens with one attached hydrogen (secondary N) is 3. The normalized spacial score (nSPS) is 23.7. The van der Waals surface area contributed by atoms with Gasteiger partial charge >= 0.3 is 12.0 Å². The summed E-state index contributed by atoms with van der Waals surface area (Å²) in [6.07, 6.45) is 3.56. The van der Waals surface area contributed by atoms with Crippen LogP contribution in [0.4, 0.5) is 10.5 Å². The van der Waals surface area contributed by atoms with Crippen LogP contribution >= 0.6 is 0 Å². The minimum absolute atomic E-state index is 0.0512. The molecule has 9 nitrogen and oxygen atoms in total. The smallest absolute Gasteiger partial charge is 0.337 e. The van der Waals surface area contributed by atoms with Crippen molar-refractivity contribution in [3.63, 3.8) is 0 Å². The molecule has 0 radical (unpaired) electrons. The maximum Gasteiger partial charge on any atom is 0.337 e. The molecule has 2 aliphatic heterocycles. The molecule has 2 saturated heterocycles. The lowest BCUT2D eigenvalue weighted by atomic mass is 10.1. The first-order chi connectivity index (χ1) is 14.0. The Balaban J connectivity index is 1.42. The number of likely N-dealkylation sites (tertiary alicyclic amines) is 1. The quantitative estimate of drug-likeness (QED) is 0.517. The fourth-order valence-electron chi connectivity index (χ4n) is 3.94. The van der Waals surface area contributed by atoms with Gasteiger partial charge in [-0.25, -0.2) is 9.59 Å². The lowest BCUT2D eigenvalue weighted by Gasteiger charge is -2.27. The van der Waals surface area contributed by atoms with Gasteiger partial charge in [-0.1, -0.05) is 0 Å². The number of methoxy groups -OCH3 is 1. The third-order valence-electron chi connectivity index (χ3n) is 5.54. The molecular formula is C20H29N5O4. The van der Waals surface area contributed by atoms with E-state index in [0.717, 1.165) is 32.2 Å². The van der Waals surface area contributed by atoms with Gasteiger partial charge in [0.15, 0.2) is 0 Å². The predicted octanol–water partition coefficient (Wildman–Crippen LogP) is 0.665. The van der Waals surface area contributed by atoms with Crippen molar-refractivity contribution in [3.8, 4) is 0 Å².